The molecule has 0 fully saturated rings. The van der Waals surface area contributed by atoms with Gasteiger partial charge in [0.25, 0.3) is 0 Å². The summed E-state index contributed by atoms with van der Waals surface area (Å²) in [4.78, 5) is 11.9. The molecule has 0 radical (unpaired) electrons. The van der Waals surface area contributed by atoms with Crippen LogP contribution in [-0.2, 0) is 6.54 Å². The fourth-order valence-corrected chi connectivity index (χ4v) is 3.19. The number of carboxylic acid groups (broad SMARTS) is 1. The van der Waals surface area contributed by atoms with Crippen molar-refractivity contribution in [3.63, 3.8) is 0 Å². The van der Waals surface area contributed by atoms with E-state index >= 15 is 0 Å². The highest BCUT2D eigenvalue weighted by Gasteiger charge is 2.09. The van der Waals surface area contributed by atoms with Gasteiger partial charge in [-0.3, -0.25) is 0 Å². The summed E-state index contributed by atoms with van der Waals surface area (Å²) in [6, 6.07) is 15.0. The van der Waals surface area contributed by atoms with Gasteiger partial charge in [0.2, 0.25) is 0 Å². The predicted octanol–water partition coefficient (Wildman–Crippen LogP) is 5.34. The number of ether oxygens (including phenoxy) is 1. The molecule has 1 N–H and O–H groups in total. The summed E-state index contributed by atoms with van der Waals surface area (Å²) >= 11 is 1.65. The van der Waals surface area contributed by atoms with Crippen LogP contribution in [0.15, 0.2) is 53.4 Å². The predicted molar refractivity (Wildman–Crippen MR) is 104 cm³/mol. The van der Waals surface area contributed by atoms with Crippen molar-refractivity contribution < 1.29 is 14.6 Å². The third-order valence-electron chi connectivity index (χ3n) is 3.33. The van der Waals surface area contributed by atoms with E-state index in [2.05, 4.69) is 23.4 Å². The van der Waals surface area contributed by atoms with Gasteiger partial charge in [-0.2, -0.15) is 0 Å². The molecule has 0 atom stereocenters. The highest BCUT2D eigenvalue weighted by atomic mass is 32.2. The van der Waals surface area contributed by atoms with E-state index in [4.69, 9.17) is 9.84 Å². The number of hydrogen-bond donors (Lipinski definition) is 1. The van der Waals surface area contributed by atoms with Gasteiger partial charge in [0, 0.05) is 18.0 Å². The zero-order chi connectivity index (χ0) is 18.7. The van der Waals surface area contributed by atoms with Gasteiger partial charge < -0.3 is 9.84 Å². The maximum atomic E-state index is 10.9. The first-order valence-corrected chi connectivity index (χ1v) is 9.29. The van der Waals surface area contributed by atoms with Crippen molar-refractivity contribution in [1.82, 2.24) is 4.31 Å². The van der Waals surface area contributed by atoms with E-state index in [0.717, 1.165) is 30.2 Å². The second-order valence-electron chi connectivity index (χ2n) is 5.13. The van der Waals surface area contributed by atoms with Crippen molar-refractivity contribution >= 4 is 17.9 Å². The second kappa shape index (κ2) is 11.6. The number of nitrogens with zero attached hydrogens (tertiary/aromatic N) is 1. The van der Waals surface area contributed by atoms with E-state index in [1.54, 1.807) is 31.2 Å². The molecule has 0 aliphatic heterocycles. The molecule has 0 saturated heterocycles. The molecule has 0 aliphatic carbocycles. The van der Waals surface area contributed by atoms with Gasteiger partial charge in [0.05, 0.1) is 12.7 Å². The molecule has 0 aromatic heterocycles. The fourth-order valence-electron chi connectivity index (χ4n) is 2.15. The lowest BCUT2D eigenvalue weighted by molar-refractivity contribution is 0.0697. The number of carboxylic acids is 1. The van der Waals surface area contributed by atoms with Crippen molar-refractivity contribution in [3.05, 3.63) is 59.7 Å². The molecule has 5 heteroatoms. The van der Waals surface area contributed by atoms with Crippen molar-refractivity contribution in [2.45, 2.75) is 38.6 Å². The molecule has 25 heavy (non-hydrogen) atoms. The molecule has 2 rings (SSSR count). The Morgan fingerprint density at radius 2 is 1.68 bits per heavy atom. The molecular weight excluding hydrogens is 334 g/mol. The van der Waals surface area contributed by atoms with Gasteiger partial charge in [-0.25, -0.2) is 9.10 Å². The summed E-state index contributed by atoms with van der Waals surface area (Å²) in [6.45, 7) is 7.93. The first kappa shape index (κ1) is 21.1. The lowest BCUT2D eigenvalue weighted by Gasteiger charge is -2.20. The van der Waals surface area contributed by atoms with Crippen LogP contribution >= 0.6 is 11.9 Å². The first-order chi connectivity index (χ1) is 12.1. The van der Waals surface area contributed by atoms with E-state index in [-0.39, 0.29) is 0 Å². The lowest BCUT2D eigenvalue weighted by Crippen LogP contribution is -2.16. The molecule has 0 saturated carbocycles. The Morgan fingerprint density at radius 3 is 2.16 bits per heavy atom. The third kappa shape index (κ3) is 7.20. The summed E-state index contributed by atoms with van der Waals surface area (Å²) in [5.41, 5.74) is 1.53. The van der Waals surface area contributed by atoms with Crippen LogP contribution in [0.5, 0.6) is 5.75 Å². The van der Waals surface area contributed by atoms with Crippen LogP contribution < -0.4 is 4.74 Å². The van der Waals surface area contributed by atoms with Crippen molar-refractivity contribution in [2.24, 2.45) is 0 Å². The largest absolute Gasteiger partial charge is 0.497 e. The van der Waals surface area contributed by atoms with Crippen LogP contribution in [-0.4, -0.2) is 29.0 Å². The van der Waals surface area contributed by atoms with Crippen LogP contribution in [0.25, 0.3) is 0 Å². The number of aromatic carboxylic acids is 1. The van der Waals surface area contributed by atoms with Crippen LogP contribution in [0.2, 0.25) is 0 Å². The van der Waals surface area contributed by atoms with Crippen LogP contribution in [0.4, 0.5) is 0 Å². The average Bonchev–Trinajstić information content (AvgIpc) is 2.64. The van der Waals surface area contributed by atoms with Crippen molar-refractivity contribution in [1.29, 1.82) is 0 Å². The molecule has 2 aromatic rings. The topological polar surface area (TPSA) is 49.8 Å². The summed E-state index contributed by atoms with van der Waals surface area (Å²) in [5, 5.41) is 8.95. The van der Waals surface area contributed by atoms with E-state index in [1.807, 2.05) is 38.1 Å². The van der Waals surface area contributed by atoms with Gasteiger partial charge in [-0.15, -0.1) is 0 Å². The third-order valence-corrected chi connectivity index (χ3v) is 4.38. The molecule has 0 amide bonds. The normalized spacial score (nSPS) is 10.1. The van der Waals surface area contributed by atoms with Crippen LogP contribution in [0.1, 0.15) is 43.1 Å². The average molecular weight is 362 g/mol. The number of hydrogen-bond acceptors (Lipinski definition) is 4. The second-order valence-corrected chi connectivity index (χ2v) is 6.30. The quantitative estimate of drug-likeness (QED) is 0.643. The molecule has 0 aliphatic rings. The Morgan fingerprint density at radius 1 is 1.08 bits per heavy atom. The number of methoxy groups -OCH3 is 1. The molecule has 4 nitrogen and oxygen atoms in total. The number of carbonyl (C=O) groups is 1. The van der Waals surface area contributed by atoms with Crippen LogP contribution in [0, 0.1) is 0 Å². The highest BCUT2D eigenvalue weighted by Crippen LogP contribution is 2.26. The maximum absolute atomic E-state index is 10.9. The zero-order valence-electron chi connectivity index (χ0n) is 15.4. The Hall–Kier alpha value is -1.98. The minimum Gasteiger partial charge on any atom is -0.497 e. The minimum absolute atomic E-state index is 0.312. The Labute approximate surface area is 155 Å². The Bertz CT molecular complexity index is 626. The van der Waals surface area contributed by atoms with Gasteiger partial charge >= 0.3 is 5.97 Å². The van der Waals surface area contributed by atoms with Crippen molar-refractivity contribution in [2.75, 3.05) is 13.7 Å². The number of benzene rings is 2. The summed E-state index contributed by atoms with van der Waals surface area (Å²) in [5.74, 6) is -0.0436. The molecule has 136 valence electrons. The van der Waals surface area contributed by atoms with E-state index in [0.29, 0.717) is 5.56 Å². The maximum Gasteiger partial charge on any atom is 0.335 e. The minimum atomic E-state index is -0.898. The monoisotopic (exact) mass is 361 g/mol. The van der Waals surface area contributed by atoms with Gasteiger partial charge in [0.15, 0.2) is 0 Å². The Balaban J connectivity index is 0.00000151. The summed E-state index contributed by atoms with van der Waals surface area (Å²) < 4.78 is 7.46. The standard InChI is InChI=1S/C18H21NO3S.C2H6/c1-3-12-19(13-14-4-8-16(22-2)9-5-14)23-17-10-6-15(7-11-17)18(20)21;1-2/h4-11H,3,12-13H2,1-2H3,(H,20,21);1-2H3. The van der Waals surface area contributed by atoms with Gasteiger partial charge in [-0.05, 0) is 60.3 Å². The Kier molecular flexibility index (Phi) is 9.73. The van der Waals surface area contributed by atoms with Gasteiger partial charge in [-0.1, -0.05) is 32.9 Å². The SMILES string of the molecule is CC.CCCN(Cc1ccc(OC)cc1)Sc1ccc(C(=O)O)cc1. The first-order valence-electron chi connectivity index (χ1n) is 8.51. The number of rotatable bonds is 8. The molecule has 2 aromatic carbocycles. The summed E-state index contributed by atoms with van der Waals surface area (Å²) in [6.07, 6.45) is 1.05. The van der Waals surface area contributed by atoms with E-state index in [9.17, 15) is 4.79 Å². The van der Waals surface area contributed by atoms with E-state index < -0.39 is 5.97 Å². The highest BCUT2D eigenvalue weighted by molar-refractivity contribution is 7.97. The smallest absolute Gasteiger partial charge is 0.335 e. The fraction of sp³-hybridized carbons (Fsp3) is 0.350. The van der Waals surface area contributed by atoms with Crippen LogP contribution in [0.3, 0.4) is 0 Å². The summed E-state index contributed by atoms with van der Waals surface area (Å²) in [7, 11) is 1.66. The molecular formula is C20H27NO3S. The molecule has 0 spiro atoms. The van der Waals surface area contributed by atoms with E-state index in [1.165, 1.54) is 5.56 Å². The molecule has 0 unspecified atom stereocenters. The van der Waals surface area contributed by atoms with Gasteiger partial charge in [0.1, 0.15) is 5.75 Å². The van der Waals surface area contributed by atoms with Crippen molar-refractivity contribution in [3.8, 4) is 5.75 Å². The lowest BCUT2D eigenvalue weighted by atomic mass is 10.2. The molecule has 0 bridgehead atoms. The molecule has 0 heterocycles. The zero-order valence-corrected chi connectivity index (χ0v) is 16.2.